The summed E-state index contributed by atoms with van der Waals surface area (Å²) in [6, 6.07) is 13.3. The number of nitro benzene ring substituents is 1. The maximum atomic E-state index is 12.3. The number of carbonyl (C=O) groups excluding carboxylic acids is 2. The lowest BCUT2D eigenvalue weighted by molar-refractivity contribution is -0.384. The van der Waals surface area contributed by atoms with Gasteiger partial charge in [0, 0.05) is 38.3 Å². The lowest BCUT2D eigenvalue weighted by atomic mass is 10.2. The van der Waals surface area contributed by atoms with E-state index >= 15 is 0 Å². The third-order valence-electron chi connectivity index (χ3n) is 4.67. The number of nitro groups is 1. The van der Waals surface area contributed by atoms with Crippen LogP contribution in [0.15, 0.2) is 53.6 Å². The van der Waals surface area contributed by atoms with Gasteiger partial charge in [0.05, 0.1) is 23.9 Å². The van der Waals surface area contributed by atoms with Crippen molar-refractivity contribution in [1.82, 2.24) is 10.3 Å². The summed E-state index contributed by atoms with van der Waals surface area (Å²) in [4.78, 5) is 38.1. The molecule has 0 aliphatic carbocycles. The van der Waals surface area contributed by atoms with Gasteiger partial charge in [0.2, 0.25) is 0 Å². The van der Waals surface area contributed by atoms with Crippen molar-refractivity contribution in [2.45, 2.75) is 0 Å². The standard InChI is InChI=1S/C20H21N5O5/c1-30-18-5-3-2-4-17(18)23-10-12-24(13-11-23)20(27)19(26)22-21-14-15-6-8-16(9-7-15)25(28)29/h2-9,14H,10-13H2,1H3,(H,22,26)/b21-14+. The summed E-state index contributed by atoms with van der Waals surface area (Å²) in [6.45, 7) is 1.95. The van der Waals surface area contributed by atoms with E-state index < -0.39 is 16.7 Å². The van der Waals surface area contributed by atoms with E-state index in [1.165, 1.54) is 35.4 Å². The fraction of sp³-hybridized carbons (Fsp3) is 0.250. The summed E-state index contributed by atoms with van der Waals surface area (Å²) in [6.07, 6.45) is 1.31. The third kappa shape index (κ3) is 4.90. The molecule has 1 fully saturated rings. The zero-order valence-electron chi connectivity index (χ0n) is 16.4. The van der Waals surface area contributed by atoms with Gasteiger partial charge < -0.3 is 14.5 Å². The van der Waals surface area contributed by atoms with E-state index in [2.05, 4.69) is 15.4 Å². The highest BCUT2D eigenvalue weighted by Gasteiger charge is 2.26. The van der Waals surface area contributed by atoms with Crippen LogP contribution in [-0.4, -0.2) is 61.1 Å². The van der Waals surface area contributed by atoms with Gasteiger partial charge in [0.15, 0.2) is 0 Å². The Kier molecular flexibility index (Phi) is 6.58. The van der Waals surface area contributed by atoms with Crippen molar-refractivity contribution < 1.29 is 19.2 Å². The first-order chi connectivity index (χ1) is 14.5. The monoisotopic (exact) mass is 411 g/mol. The number of benzene rings is 2. The van der Waals surface area contributed by atoms with E-state index in [0.717, 1.165) is 11.4 Å². The number of piperazine rings is 1. The van der Waals surface area contributed by atoms with Crippen molar-refractivity contribution in [2.24, 2.45) is 5.10 Å². The number of amides is 2. The predicted octanol–water partition coefficient (Wildman–Crippen LogP) is 1.40. The van der Waals surface area contributed by atoms with Crippen LogP contribution < -0.4 is 15.1 Å². The van der Waals surface area contributed by atoms with Crippen LogP contribution in [0.1, 0.15) is 5.56 Å². The molecule has 2 aromatic rings. The number of nitrogens with one attached hydrogen (secondary N) is 1. The van der Waals surface area contributed by atoms with Crippen molar-refractivity contribution >= 4 is 29.4 Å². The Labute approximate surface area is 172 Å². The quantitative estimate of drug-likeness (QED) is 0.344. The predicted molar refractivity (Wildman–Crippen MR) is 111 cm³/mol. The number of methoxy groups -OCH3 is 1. The van der Waals surface area contributed by atoms with Crippen molar-refractivity contribution in [3.8, 4) is 5.75 Å². The lowest BCUT2D eigenvalue weighted by Crippen LogP contribution is -2.52. The molecule has 1 saturated heterocycles. The third-order valence-corrected chi connectivity index (χ3v) is 4.67. The molecule has 3 rings (SSSR count). The Morgan fingerprint density at radius 3 is 2.40 bits per heavy atom. The van der Waals surface area contributed by atoms with Crippen LogP contribution >= 0.6 is 0 Å². The molecule has 1 N–H and O–H groups in total. The average molecular weight is 411 g/mol. The van der Waals surface area contributed by atoms with E-state index in [4.69, 9.17) is 4.74 Å². The molecule has 1 aliphatic heterocycles. The smallest absolute Gasteiger partial charge is 0.329 e. The van der Waals surface area contributed by atoms with Crippen molar-refractivity contribution in [3.05, 3.63) is 64.2 Å². The van der Waals surface area contributed by atoms with Gasteiger partial charge in [0.25, 0.3) is 5.69 Å². The summed E-state index contributed by atoms with van der Waals surface area (Å²) in [5.74, 6) is -0.731. The van der Waals surface area contributed by atoms with Gasteiger partial charge in [-0.1, -0.05) is 12.1 Å². The molecule has 0 unspecified atom stereocenters. The highest BCUT2D eigenvalue weighted by molar-refractivity contribution is 6.35. The number of anilines is 1. The van der Waals surface area contributed by atoms with Crippen LogP contribution in [0.3, 0.4) is 0 Å². The second kappa shape index (κ2) is 9.50. The molecule has 2 amide bonds. The zero-order valence-corrected chi connectivity index (χ0v) is 16.4. The second-order valence-corrected chi connectivity index (χ2v) is 6.50. The fourth-order valence-electron chi connectivity index (χ4n) is 3.08. The van der Waals surface area contributed by atoms with E-state index in [9.17, 15) is 19.7 Å². The van der Waals surface area contributed by atoms with E-state index in [-0.39, 0.29) is 5.69 Å². The number of hydrogen-bond acceptors (Lipinski definition) is 7. The molecule has 0 radical (unpaired) electrons. The highest BCUT2D eigenvalue weighted by atomic mass is 16.6. The van der Waals surface area contributed by atoms with Gasteiger partial charge in [-0.05, 0) is 29.8 Å². The first kappa shape index (κ1) is 20.8. The Hall–Kier alpha value is -3.95. The molecule has 2 aromatic carbocycles. The number of nitrogens with zero attached hydrogens (tertiary/aromatic N) is 4. The van der Waals surface area contributed by atoms with Crippen LogP contribution in [0.5, 0.6) is 5.75 Å². The first-order valence-electron chi connectivity index (χ1n) is 9.24. The van der Waals surface area contributed by atoms with Gasteiger partial charge in [-0.2, -0.15) is 5.10 Å². The summed E-state index contributed by atoms with van der Waals surface area (Å²) in [7, 11) is 1.61. The Bertz CT molecular complexity index is 952. The van der Waals surface area contributed by atoms with E-state index in [1.807, 2.05) is 24.3 Å². The maximum absolute atomic E-state index is 12.3. The molecule has 1 heterocycles. The summed E-state index contributed by atoms with van der Waals surface area (Å²) in [5.41, 5.74) is 3.66. The SMILES string of the molecule is COc1ccccc1N1CCN(C(=O)C(=O)N/N=C/c2ccc([N+](=O)[O-])cc2)CC1. The topological polar surface area (TPSA) is 117 Å². The first-order valence-corrected chi connectivity index (χ1v) is 9.24. The molecule has 10 heteroatoms. The van der Waals surface area contributed by atoms with Crippen LogP contribution in [0.25, 0.3) is 0 Å². The van der Waals surface area contributed by atoms with Crippen LogP contribution in [0, 0.1) is 10.1 Å². The highest BCUT2D eigenvalue weighted by Crippen LogP contribution is 2.28. The van der Waals surface area contributed by atoms with Gasteiger partial charge in [-0.15, -0.1) is 0 Å². The average Bonchev–Trinajstić information content (AvgIpc) is 2.79. The molecule has 0 spiro atoms. The van der Waals surface area contributed by atoms with Crippen molar-refractivity contribution in [3.63, 3.8) is 0 Å². The molecule has 0 atom stereocenters. The van der Waals surface area contributed by atoms with Crippen molar-refractivity contribution in [1.29, 1.82) is 0 Å². The number of carbonyl (C=O) groups is 2. The Balaban J connectivity index is 1.51. The molecule has 0 aromatic heterocycles. The molecule has 30 heavy (non-hydrogen) atoms. The molecule has 1 aliphatic rings. The van der Waals surface area contributed by atoms with Gasteiger partial charge in [0.1, 0.15) is 5.75 Å². The number of hydrazone groups is 1. The number of ether oxygens (including phenoxy) is 1. The summed E-state index contributed by atoms with van der Waals surface area (Å²) in [5, 5.41) is 14.4. The number of para-hydroxylation sites is 2. The van der Waals surface area contributed by atoms with E-state index in [1.54, 1.807) is 7.11 Å². The minimum absolute atomic E-state index is 0.0429. The minimum atomic E-state index is -0.834. The number of rotatable bonds is 5. The van der Waals surface area contributed by atoms with Crippen molar-refractivity contribution in [2.75, 3.05) is 38.2 Å². The minimum Gasteiger partial charge on any atom is -0.495 e. The molecule has 10 nitrogen and oxygen atoms in total. The van der Waals surface area contributed by atoms with Gasteiger partial charge >= 0.3 is 11.8 Å². The largest absolute Gasteiger partial charge is 0.495 e. The van der Waals surface area contributed by atoms with E-state index in [0.29, 0.717) is 31.7 Å². The summed E-state index contributed by atoms with van der Waals surface area (Å²) >= 11 is 0. The Morgan fingerprint density at radius 2 is 1.77 bits per heavy atom. The lowest BCUT2D eigenvalue weighted by Gasteiger charge is -2.36. The number of hydrogen-bond donors (Lipinski definition) is 1. The Morgan fingerprint density at radius 1 is 1.10 bits per heavy atom. The maximum Gasteiger partial charge on any atom is 0.329 e. The van der Waals surface area contributed by atoms with Crippen LogP contribution in [0.2, 0.25) is 0 Å². The van der Waals surface area contributed by atoms with Gasteiger partial charge in [-0.25, -0.2) is 5.43 Å². The molecular weight excluding hydrogens is 390 g/mol. The number of non-ortho nitro benzene ring substituents is 1. The summed E-state index contributed by atoms with van der Waals surface area (Å²) < 4.78 is 5.37. The fourth-order valence-corrected chi connectivity index (χ4v) is 3.08. The van der Waals surface area contributed by atoms with Crippen LogP contribution in [-0.2, 0) is 9.59 Å². The van der Waals surface area contributed by atoms with Crippen LogP contribution in [0.4, 0.5) is 11.4 Å². The van der Waals surface area contributed by atoms with Gasteiger partial charge in [-0.3, -0.25) is 19.7 Å². The second-order valence-electron chi connectivity index (χ2n) is 6.50. The zero-order chi connectivity index (χ0) is 21.5. The molecule has 0 saturated carbocycles. The molecule has 0 bridgehead atoms. The normalized spacial score (nSPS) is 13.9. The molecular formula is C20H21N5O5. The molecule has 156 valence electrons.